The molecule has 0 aliphatic carbocycles. The highest BCUT2D eigenvalue weighted by Crippen LogP contribution is 2.36. The SMILES string of the molecule is CC(C)(C)N1CCN(C(C)(C)C)[Si]1[Si]1N(C(C)(C)C)CCN1C(C)(C)C. The lowest BCUT2D eigenvalue weighted by Crippen LogP contribution is -2.74. The quantitative estimate of drug-likeness (QED) is 0.629. The zero-order chi connectivity index (χ0) is 20.3. The predicted octanol–water partition coefficient (Wildman–Crippen LogP) is 3.47. The molecule has 0 unspecified atom stereocenters. The smallest absolute Gasteiger partial charge is 0.252 e. The Morgan fingerprint density at radius 1 is 0.385 bits per heavy atom. The van der Waals surface area contributed by atoms with Gasteiger partial charge in [0.25, 0.3) is 17.3 Å². The van der Waals surface area contributed by atoms with Gasteiger partial charge >= 0.3 is 0 Å². The first-order valence-corrected chi connectivity index (χ1v) is 14.1. The van der Waals surface area contributed by atoms with Crippen molar-refractivity contribution < 1.29 is 0 Å². The van der Waals surface area contributed by atoms with Crippen molar-refractivity contribution in [2.45, 2.75) is 105 Å². The molecule has 0 amide bonds. The molecule has 2 rings (SSSR count). The van der Waals surface area contributed by atoms with Crippen molar-refractivity contribution in [2.24, 2.45) is 0 Å². The molecule has 4 nitrogen and oxygen atoms in total. The van der Waals surface area contributed by atoms with Crippen LogP contribution >= 0.6 is 0 Å². The Morgan fingerprint density at radius 2 is 0.538 bits per heavy atom. The van der Waals surface area contributed by atoms with Crippen LogP contribution in [0.4, 0.5) is 0 Å². The highest BCUT2D eigenvalue weighted by Gasteiger charge is 2.58. The van der Waals surface area contributed by atoms with Crippen LogP contribution in [0.15, 0.2) is 0 Å². The molecule has 0 aromatic carbocycles. The van der Waals surface area contributed by atoms with Crippen LogP contribution in [-0.4, -0.2) is 83.9 Å². The molecule has 0 spiro atoms. The summed E-state index contributed by atoms with van der Waals surface area (Å²) in [7, 11) is -1.64. The largest absolute Gasteiger partial charge is 0.306 e. The summed E-state index contributed by atoms with van der Waals surface area (Å²) in [6.45, 7) is 33.9. The average Bonchev–Trinajstić information content (AvgIpc) is 2.99. The highest BCUT2D eigenvalue weighted by atomic mass is 29.2. The summed E-state index contributed by atoms with van der Waals surface area (Å²) < 4.78 is 11.6. The molecule has 152 valence electrons. The standard InChI is InChI=1S/C20H44N4Si2/c1-17(2,3)21-13-14-22(18(4,5)6)25(21)26-23(19(7,8)9)15-16-24(26)20(10,11)12/h13-16H2,1-12H3. The van der Waals surface area contributed by atoms with Crippen LogP contribution in [0.3, 0.4) is 0 Å². The van der Waals surface area contributed by atoms with Gasteiger partial charge in [0.15, 0.2) is 0 Å². The van der Waals surface area contributed by atoms with Crippen molar-refractivity contribution in [3.05, 3.63) is 0 Å². The molecule has 0 saturated carbocycles. The molecule has 0 N–H and O–H groups in total. The molecule has 0 atom stereocenters. The van der Waals surface area contributed by atoms with Gasteiger partial charge in [-0.2, -0.15) is 0 Å². The van der Waals surface area contributed by atoms with E-state index >= 15 is 0 Å². The second-order valence-electron chi connectivity index (χ2n) is 11.9. The fourth-order valence-corrected chi connectivity index (χ4v) is 17.8. The maximum absolute atomic E-state index is 2.90. The zero-order valence-electron chi connectivity index (χ0n) is 19.6. The molecule has 2 aliphatic rings. The van der Waals surface area contributed by atoms with Crippen molar-refractivity contribution in [1.82, 2.24) is 18.3 Å². The Kier molecular flexibility index (Phi) is 6.03. The molecular formula is C20H44N4Si2. The topological polar surface area (TPSA) is 13.0 Å². The molecule has 2 radical (unpaired) electrons. The average molecular weight is 397 g/mol. The summed E-state index contributed by atoms with van der Waals surface area (Å²) in [6, 6.07) is 0. The van der Waals surface area contributed by atoms with E-state index in [1.807, 2.05) is 0 Å². The molecule has 0 aromatic heterocycles. The molecule has 2 heterocycles. The minimum atomic E-state index is -0.822. The lowest BCUT2D eigenvalue weighted by Gasteiger charge is -2.50. The normalized spacial score (nSPS) is 24.9. The fraction of sp³-hybridized carbons (Fsp3) is 1.00. The summed E-state index contributed by atoms with van der Waals surface area (Å²) in [4.78, 5) is 0. The van der Waals surface area contributed by atoms with Gasteiger partial charge in [-0.05, 0) is 83.1 Å². The van der Waals surface area contributed by atoms with E-state index in [2.05, 4.69) is 101 Å². The van der Waals surface area contributed by atoms with Crippen LogP contribution in [0.25, 0.3) is 0 Å². The van der Waals surface area contributed by atoms with Crippen molar-refractivity contribution in [3.8, 4) is 0 Å². The zero-order valence-corrected chi connectivity index (χ0v) is 21.6. The Hall–Kier alpha value is 0.274. The van der Waals surface area contributed by atoms with Crippen molar-refractivity contribution >= 4 is 17.3 Å². The van der Waals surface area contributed by atoms with Crippen molar-refractivity contribution in [3.63, 3.8) is 0 Å². The molecule has 0 aromatic rings. The minimum absolute atomic E-state index is 0.238. The van der Waals surface area contributed by atoms with E-state index < -0.39 is 17.3 Å². The van der Waals surface area contributed by atoms with Crippen LogP contribution in [0.2, 0.25) is 0 Å². The van der Waals surface area contributed by atoms with Crippen LogP contribution in [0, 0.1) is 0 Å². The summed E-state index contributed by atoms with van der Waals surface area (Å²) >= 11 is 0. The minimum Gasteiger partial charge on any atom is -0.306 e. The van der Waals surface area contributed by atoms with E-state index in [1.54, 1.807) is 0 Å². The van der Waals surface area contributed by atoms with Gasteiger partial charge in [-0.3, -0.25) is 0 Å². The molecular weight excluding hydrogens is 352 g/mol. The van der Waals surface area contributed by atoms with E-state index in [1.165, 1.54) is 26.2 Å². The van der Waals surface area contributed by atoms with Gasteiger partial charge < -0.3 is 18.3 Å². The van der Waals surface area contributed by atoms with Crippen molar-refractivity contribution in [1.29, 1.82) is 0 Å². The second-order valence-corrected chi connectivity index (χ2v) is 18.1. The lowest BCUT2D eigenvalue weighted by atomic mass is 10.1. The van der Waals surface area contributed by atoms with E-state index in [0.717, 1.165) is 0 Å². The van der Waals surface area contributed by atoms with Gasteiger partial charge in [-0.15, -0.1) is 0 Å². The van der Waals surface area contributed by atoms with Crippen LogP contribution in [0.1, 0.15) is 83.1 Å². The van der Waals surface area contributed by atoms with Gasteiger partial charge in [0.05, 0.1) is 0 Å². The summed E-state index contributed by atoms with van der Waals surface area (Å²) in [5.74, 6) is 0. The van der Waals surface area contributed by atoms with Gasteiger partial charge in [-0.25, -0.2) is 0 Å². The third-order valence-electron chi connectivity index (χ3n) is 5.56. The number of nitrogens with zero attached hydrogens (tertiary/aromatic N) is 4. The first-order chi connectivity index (χ1) is 11.5. The maximum atomic E-state index is 2.90. The van der Waals surface area contributed by atoms with Crippen LogP contribution in [0.5, 0.6) is 0 Å². The molecule has 2 aliphatic heterocycles. The third-order valence-corrected chi connectivity index (χ3v) is 16.0. The Balaban J connectivity index is 2.56. The number of rotatable bonds is 1. The van der Waals surface area contributed by atoms with E-state index in [-0.39, 0.29) is 22.2 Å². The van der Waals surface area contributed by atoms with Gasteiger partial charge in [0, 0.05) is 48.3 Å². The number of hydrogen-bond donors (Lipinski definition) is 0. The summed E-state index contributed by atoms with van der Waals surface area (Å²) in [5, 5.41) is 0. The van der Waals surface area contributed by atoms with Gasteiger partial charge in [0.2, 0.25) is 0 Å². The Bertz CT molecular complexity index is 406. The molecule has 26 heavy (non-hydrogen) atoms. The highest BCUT2D eigenvalue weighted by molar-refractivity contribution is 7.18. The monoisotopic (exact) mass is 396 g/mol. The first-order valence-electron chi connectivity index (χ1n) is 10.3. The second kappa shape index (κ2) is 6.95. The third kappa shape index (κ3) is 4.46. The molecule has 2 fully saturated rings. The summed E-state index contributed by atoms with van der Waals surface area (Å²) in [6.07, 6.45) is 0. The van der Waals surface area contributed by atoms with Gasteiger partial charge in [-0.1, -0.05) is 0 Å². The predicted molar refractivity (Wildman–Crippen MR) is 117 cm³/mol. The molecule has 0 bridgehead atoms. The van der Waals surface area contributed by atoms with E-state index in [9.17, 15) is 0 Å². The summed E-state index contributed by atoms with van der Waals surface area (Å²) in [5.41, 5.74) is 0.951. The number of hydrogen-bond acceptors (Lipinski definition) is 4. The molecule has 2 saturated heterocycles. The maximum Gasteiger partial charge on any atom is 0.252 e. The lowest BCUT2D eigenvalue weighted by molar-refractivity contribution is 0.247. The van der Waals surface area contributed by atoms with E-state index in [0.29, 0.717) is 0 Å². The van der Waals surface area contributed by atoms with Crippen LogP contribution in [-0.2, 0) is 0 Å². The van der Waals surface area contributed by atoms with Crippen molar-refractivity contribution in [2.75, 3.05) is 26.2 Å². The van der Waals surface area contributed by atoms with Crippen LogP contribution < -0.4 is 0 Å². The first kappa shape index (κ1) is 22.6. The molecule has 6 heteroatoms. The van der Waals surface area contributed by atoms with Gasteiger partial charge in [0.1, 0.15) is 0 Å². The Labute approximate surface area is 167 Å². The van der Waals surface area contributed by atoms with E-state index in [4.69, 9.17) is 0 Å². The fourth-order valence-electron chi connectivity index (χ4n) is 4.21. The Morgan fingerprint density at radius 3 is 0.654 bits per heavy atom.